The Morgan fingerprint density at radius 3 is 2.39 bits per heavy atom. The lowest BCUT2D eigenvalue weighted by atomic mass is 9.88. The van der Waals surface area contributed by atoms with E-state index in [0.29, 0.717) is 17.7 Å². The summed E-state index contributed by atoms with van der Waals surface area (Å²) < 4.78 is 38.2. The molecule has 2 aliphatic rings. The van der Waals surface area contributed by atoms with Gasteiger partial charge in [0.1, 0.15) is 0 Å². The fourth-order valence-corrected chi connectivity index (χ4v) is 2.85. The third-order valence-corrected chi connectivity index (χ3v) is 4.15. The van der Waals surface area contributed by atoms with Gasteiger partial charge in [0.2, 0.25) is 0 Å². The van der Waals surface area contributed by atoms with Gasteiger partial charge < -0.3 is 15.5 Å². The lowest BCUT2D eigenvalue weighted by molar-refractivity contribution is -0.137. The molecular weight excluding hydrogens is 377 g/mol. The average Bonchev–Trinajstić information content (AvgIpc) is 3.12. The minimum atomic E-state index is -4.28. The summed E-state index contributed by atoms with van der Waals surface area (Å²) in [7, 11) is 0. The van der Waals surface area contributed by atoms with Gasteiger partial charge in [0.25, 0.3) is 0 Å². The molecule has 1 unspecified atom stereocenters. The predicted octanol–water partition coefficient (Wildman–Crippen LogP) is 3.14. The Kier molecular flexibility index (Phi) is 6.97. The molecule has 1 aromatic rings. The van der Waals surface area contributed by atoms with Gasteiger partial charge in [0.05, 0.1) is 24.5 Å². The van der Waals surface area contributed by atoms with Crippen molar-refractivity contribution in [2.24, 2.45) is 4.99 Å². The van der Waals surface area contributed by atoms with Crippen molar-refractivity contribution in [3.05, 3.63) is 52.6 Å². The standard InChI is InChI=1S/C15H15F3N2.C4H4O4/c16-15(17,18)13-4-3-11-2-1-10(5-12(11)7-13)6-14-8-19-9-20-14;5-3(6)1-2-4(7)8/h3-5,7,9,14H,1-2,6,8H2,(H,19,20);1-2H,(H,5,6)(H,7,8)/b;2-1+. The van der Waals surface area contributed by atoms with Crippen molar-refractivity contribution in [3.63, 3.8) is 0 Å². The van der Waals surface area contributed by atoms with Crippen LogP contribution in [0.2, 0.25) is 0 Å². The van der Waals surface area contributed by atoms with Gasteiger partial charge >= 0.3 is 18.1 Å². The molecule has 1 atom stereocenters. The molecule has 6 nitrogen and oxygen atoms in total. The van der Waals surface area contributed by atoms with Crippen LogP contribution in [0.5, 0.6) is 0 Å². The fraction of sp³-hybridized carbons (Fsp3) is 0.316. The summed E-state index contributed by atoms with van der Waals surface area (Å²) in [4.78, 5) is 23.2. The Balaban J connectivity index is 0.000000300. The number of aryl methyl sites for hydroxylation is 1. The summed E-state index contributed by atoms with van der Waals surface area (Å²) in [5.41, 5.74) is 2.33. The van der Waals surface area contributed by atoms with Crippen LogP contribution >= 0.6 is 0 Å². The lowest BCUT2D eigenvalue weighted by Crippen LogP contribution is -2.25. The van der Waals surface area contributed by atoms with E-state index in [2.05, 4.69) is 10.3 Å². The number of hydrogen-bond donors (Lipinski definition) is 3. The first kappa shape index (κ1) is 21.2. The number of aliphatic imine (C=N–C) groups is 1. The highest BCUT2D eigenvalue weighted by Gasteiger charge is 2.31. The quantitative estimate of drug-likeness (QED) is 0.679. The van der Waals surface area contributed by atoms with Crippen LogP contribution in [0.25, 0.3) is 6.08 Å². The van der Waals surface area contributed by atoms with Gasteiger partial charge in [-0.05, 0) is 42.5 Å². The Morgan fingerprint density at radius 1 is 1.18 bits per heavy atom. The summed E-state index contributed by atoms with van der Waals surface area (Å²) in [6.45, 7) is 0.743. The van der Waals surface area contributed by atoms with Crippen molar-refractivity contribution in [3.8, 4) is 0 Å². The number of hydrogen-bond acceptors (Lipinski definition) is 4. The third kappa shape index (κ3) is 6.57. The van der Waals surface area contributed by atoms with E-state index >= 15 is 0 Å². The van der Waals surface area contributed by atoms with Crippen LogP contribution in [0.3, 0.4) is 0 Å². The number of carboxylic acid groups (broad SMARTS) is 2. The number of alkyl halides is 3. The monoisotopic (exact) mass is 396 g/mol. The number of halogens is 3. The van der Waals surface area contributed by atoms with Crippen LogP contribution in [-0.4, -0.2) is 41.1 Å². The van der Waals surface area contributed by atoms with Gasteiger partial charge in [0, 0.05) is 12.2 Å². The van der Waals surface area contributed by atoms with Crippen molar-refractivity contribution < 1.29 is 33.0 Å². The van der Waals surface area contributed by atoms with E-state index in [1.165, 1.54) is 17.7 Å². The maximum Gasteiger partial charge on any atom is 0.416 e. The van der Waals surface area contributed by atoms with E-state index in [1.54, 1.807) is 12.4 Å². The van der Waals surface area contributed by atoms with Gasteiger partial charge in [-0.2, -0.15) is 13.2 Å². The zero-order valence-electron chi connectivity index (χ0n) is 14.7. The van der Waals surface area contributed by atoms with Crippen molar-refractivity contribution in [2.75, 3.05) is 6.54 Å². The van der Waals surface area contributed by atoms with Gasteiger partial charge in [0.15, 0.2) is 0 Å². The van der Waals surface area contributed by atoms with Crippen LogP contribution in [0.15, 0.2) is 40.9 Å². The zero-order chi connectivity index (χ0) is 20.7. The van der Waals surface area contributed by atoms with E-state index in [9.17, 15) is 22.8 Å². The molecule has 1 aliphatic heterocycles. The van der Waals surface area contributed by atoms with E-state index in [1.807, 2.05) is 6.08 Å². The molecule has 0 fully saturated rings. The molecule has 0 amide bonds. The second-order valence-electron chi connectivity index (χ2n) is 6.29. The normalized spacial score (nSPS) is 18.0. The maximum absolute atomic E-state index is 12.7. The molecule has 0 saturated carbocycles. The highest BCUT2D eigenvalue weighted by Crippen LogP contribution is 2.34. The Morgan fingerprint density at radius 2 is 1.86 bits per heavy atom. The topological polar surface area (TPSA) is 99.0 Å². The van der Waals surface area contributed by atoms with Gasteiger partial charge in [-0.15, -0.1) is 0 Å². The van der Waals surface area contributed by atoms with Crippen LogP contribution < -0.4 is 5.32 Å². The molecule has 1 heterocycles. The van der Waals surface area contributed by atoms with E-state index in [-0.39, 0.29) is 6.04 Å². The minimum Gasteiger partial charge on any atom is -0.478 e. The predicted molar refractivity (Wildman–Crippen MR) is 97.1 cm³/mol. The Hall–Kier alpha value is -3.10. The number of nitrogens with one attached hydrogen (secondary N) is 1. The van der Waals surface area contributed by atoms with Crippen molar-refractivity contribution in [2.45, 2.75) is 31.5 Å². The van der Waals surface area contributed by atoms with Crippen LogP contribution in [-0.2, 0) is 22.2 Å². The van der Waals surface area contributed by atoms with Gasteiger partial charge in [-0.3, -0.25) is 4.99 Å². The molecule has 0 radical (unpaired) electrons. The van der Waals surface area contributed by atoms with Crippen molar-refractivity contribution in [1.82, 2.24) is 5.32 Å². The average molecular weight is 396 g/mol. The summed E-state index contributed by atoms with van der Waals surface area (Å²) in [6, 6.07) is 4.31. The Labute approximate surface area is 159 Å². The summed E-state index contributed by atoms with van der Waals surface area (Å²) in [5, 5.41) is 18.8. The molecule has 0 saturated heterocycles. The number of carboxylic acids is 2. The Bertz CT molecular complexity index is 805. The maximum atomic E-state index is 12.7. The summed E-state index contributed by atoms with van der Waals surface area (Å²) >= 11 is 0. The van der Waals surface area contributed by atoms with E-state index < -0.39 is 23.7 Å². The van der Waals surface area contributed by atoms with E-state index in [0.717, 1.165) is 31.4 Å². The molecule has 1 aliphatic carbocycles. The molecule has 150 valence electrons. The zero-order valence-corrected chi connectivity index (χ0v) is 14.7. The number of carbonyl (C=O) groups is 2. The first-order chi connectivity index (χ1) is 13.1. The first-order valence-corrected chi connectivity index (χ1v) is 8.43. The number of benzene rings is 1. The second-order valence-corrected chi connectivity index (χ2v) is 6.29. The smallest absolute Gasteiger partial charge is 0.416 e. The highest BCUT2D eigenvalue weighted by molar-refractivity contribution is 5.89. The fourth-order valence-electron chi connectivity index (χ4n) is 2.85. The number of aliphatic carboxylic acids is 2. The number of nitrogens with zero attached hydrogens (tertiary/aromatic N) is 1. The van der Waals surface area contributed by atoms with E-state index in [4.69, 9.17) is 10.2 Å². The molecule has 28 heavy (non-hydrogen) atoms. The van der Waals surface area contributed by atoms with Gasteiger partial charge in [-0.1, -0.05) is 17.7 Å². The highest BCUT2D eigenvalue weighted by atomic mass is 19.4. The summed E-state index contributed by atoms with van der Waals surface area (Å²) in [6.07, 6.45) is 3.02. The molecule has 3 rings (SSSR count). The minimum absolute atomic E-state index is 0.286. The largest absolute Gasteiger partial charge is 0.478 e. The number of fused-ring (bicyclic) bond motifs is 1. The number of rotatable bonds is 4. The van der Waals surface area contributed by atoms with Crippen molar-refractivity contribution in [1.29, 1.82) is 0 Å². The van der Waals surface area contributed by atoms with Crippen molar-refractivity contribution >= 4 is 24.4 Å². The molecule has 1 aromatic carbocycles. The molecule has 0 bridgehead atoms. The van der Waals surface area contributed by atoms with Crippen LogP contribution in [0.1, 0.15) is 29.5 Å². The third-order valence-electron chi connectivity index (χ3n) is 4.15. The first-order valence-electron chi connectivity index (χ1n) is 8.43. The van der Waals surface area contributed by atoms with Gasteiger partial charge in [-0.25, -0.2) is 9.59 Å². The van der Waals surface area contributed by atoms with Crippen LogP contribution in [0.4, 0.5) is 13.2 Å². The lowest BCUT2D eigenvalue weighted by Gasteiger charge is -2.20. The summed E-state index contributed by atoms with van der Waals surface area (Å²) in [5.74, 6) is -2.51. The molecule has 0 aromatic heterocycles. The van der Waals surface area contributed by atoms with Crippen LogP contribution in [0, 0.1) is 0 Å². The molecule has 3 N–H and O–H groups in total. The molecule has 0 spiro atoms. The second kappa shape index (κ2) is 9.20. The molecular formula is C19H19F3N2O4. The SMILES string of the molecule is FC(F)(F)c1ccc2c(c1)C=C(CC1CN=CN1)CC2.O=C(O)/C=C/C(=O)O. The molecule has 9 heteroatoms.